The van der Waals surface area contributed by atoms with Crippen molar-refractivity contribution in [2.75, 3.05) is 20.1 Å². The van der Waals surface area contributed by atoms with Gasteiger partial charge in [0.05, 0.1) is 11.8 Å². The molecule has 0 N–H and O–H groups in total. The predicted molar refractivity (Wildman–Crippen MR) is 82.0 cm³/mol. The largest absolute Gasteiger partial charge is 0.416 e. The molecule has 3 heterocycles. The fourth-order valence-electron chi connectivity index (χ4n) is 2.99. The highest BCUT2D eigenvalue weighted by atomic mass is 16.2. The zero-order valence-electron chi connectivity index (χ0n) is 13.6. The van der Waals surface area contributed by atoms with Gasteiger partial charge in [-0.25, -0.2) is 9.37 Å². The normalized spacial score (nSPS) is 24.8. The Labute approximate surface area is 129 Å². The summed E-state index contributed by atoms with van der Waals surface area (Å²) in [6, 6.07) is -0.739. The molecule has 0 aliphatic carbocycles. The maximum atomic E-state index is 12.7. The van der Waals surface area contributed by atoms with E-state index >= 15 is 0 Å². The van der Waals surface area contributed by atoms with E-state index in [0.717, 1.165) is 5.71 Å². The van der Waals surface area contributed by atoms with E-state index in [1.807, 2.05) is 30.4 Å². The molecule has 0 spiro atoms. The number of hydrazone groups is 1. The van der Waals surface area contributed by atoms with Gasteiger partial charge in [0, 0.05) is 13.6 Å². The maximum Gasteiger partial charge on any atom is 0.416 e. The van der Waals surface area contributed by atoms with Crippen LogP contribution in [0.4, 0.5) is 4.79 Å². The SMILES string of the molecule is CCN1C(=O)C2C(=NC3=[N+]2CC(C)=NN3C(C)C)N(C)C1=O. The number of hydrogen-bond acceptors (Lipinski definition) is 5. The zero-order valence-corrected chi connectivity index (χ0v) is 13.6. The Morgan fingerprint density at radius 3 is 2.64 bits per heavy atom. The Morgan fingerprint density at radius 1 is 1.36 bits per heavy atom. The molecule has 1 saturated heterocycles. The number of nitrogens with zero attached hydrogens (tertiary/aromatic N) is 6. The first kappa shape index (κ1) is 14.7. The van der Waals surface area contributed by atoms with E-state index in [4.69, 9.17) is 0 Å². The highest BCUT2D eigenvalue weighted by molar-refractivity contribution is 6.23. The molecule has 8 nitrogen and oxygen atoms in total. The van der Waals surface area contributed by atoms with Gasteiger partial charge in [-0.15, -0.1) is 10.1 Å². The van der Waals surface area contributed by atoms with E-state index in [1.165, 1.54) is 9.80 Å². The predicted octanol–water partition coefficient (Wildman–Crippen LogP) is 0.149. The summed E-state index contributed by atoms with van der Waals surface area (Å²) in [4.78, 5) is 32.3. The summed E-state index contributed by atoms with van der Waals surface area (Å²) in [6.07, 6.45) is 0. The van der Waals surface area contributed by atoms with Gasteiger partial charge in [-0.2, -0.15) is 0 Å². The average Bonchev–Trinajstić information content (AvgIpc) is 2.84. The van der Waals surface area contributed by atoms with Crippen molar-refractivity contribution in [2.24, 2.45) is 10.1 Å². The van der Waals surface area contributed by atoms with Crippen molar-refractivity contribution < 1.29 is 14.2 Å². The Bertz CT molecular complexity index is 648. The van der Waals surface area contributed by atoms with Crippen LogP contribution in [0.3, 0.4) is 0 Å². The highest BCUT2D eigenvalue weighted by Crippen LogP contribution is 2.23. The monoisotopic (exact) mass is 305 g/mol. The molecule has 1 unspecified atom stereocenters. The summed E-state index contributed by atoms with van der Waals surface area (Å²) >= 11 is 0. The van der Waals surface area contributed by atoms with Gasteiger partial charge in [-0.1, -0.05) is 4.99 Å². The fraction of sp³-hybridized carbons (Fsp3) is 0.643. The first-order chi connectivity index (χ1) is 10.4. The van der Waals surface area contributed by atoms with E-state index in [1.54, 1.807) is 14.0 Å². The molecule has 3 aliphatic rings. The highest BCUT2D eigenvalue weighted by Gasteiger charge is 2.54. The molecule has 22 heavy (non-hydrogen) atoms. The topological polar surface area (TPSA) is 71.6 Å². The molecule has 0 aromatic heterocycles. The minimum Gasteiger partial charge on any atom is -0.270 e. The Balaban J connectivity index is 2.08. The average molecular weight is 305 g/mol. The van der Waals surface area contributed by atoms with E-state index < -0.39 is 6.04 Å². The lowest BCUT2D eigenvalue weighted by Gasteiger charge is -2.33. The number of hydrogen-bond donors (Lipinski definition) is 0. The Hall–Kier alpha value is -2.25. The molecule has 1 fully saturated rings. The standard InChI is InChI=1S/C14H21N6O2/c1-6-18-12(21)10-11(17(5)14(18)22)15-13-19(10)7-9(4)16-20(13)8(2)3/h8,10H,6-7H2,1-5H3/q+1. The molecule has 8 heteroatoms. The van der Waals surface area contributed by atoms with Gasteiger partial charge in [-0.05, 0) is 27.7 Å². The summed E-state index contributed by atoms with van der Waals surface area (Å²) in [7, 11) is 1.66. The van der Waals surface area contributed by atoms with Crippen LogP contribution in [0.1, 0.15) is 27.7 Å². The molecule has 0 saturated carbocycles. The lowest BCUT2D eigenvalue weighted by Crippen LogP contribution is -2.63. The third-order valence-corrected chi connectivity index (χ3v) is 4.08. The lowest BCUT2D eigenvalue weighted by molar-refractivity contribution is -0.528. The first-order valence-electron chi connectivity index (χ1n) is 7.51. The van der Waals surface area contributed by atoms with Crippen LogP contribution in [0.25, 0.3) is 0 Å². The van der Waals surface area contributed by atoms with Crippen LogP contribution >= 0.6 is 0 Å². The maximum absolute atomic E-state index is 12.7. The van der Waals surface area contributed by atoms with Crippen molar-refractivity contribution in [3.8, 4) is 0 Å². The zero-order chi connectivity index (χ0) is 16.2. The number of likely N-dealkylation sites (N-methyl/N-ethyl adjacent to an activating group) is 2. The number of imide groups is 1. The van der Waals surface area contributed by atoms with Crippen LogP contribution in [0.15, 0.2) is 10.1 Å². The third-order valence-electron chi connectivity index (χ3n) is 4.08. The molecule has 3 amide bonds. The van der Waals surface area contributed by atoms with Gasteiger partial charge in [0.2, 0.25) is 11.9 Å². The fourth-order valence-corrected chi connectivity index (χ4v) is 2.99. The van der Waals surface area contributed by atoms with Gasteiger partial charge in [0.25, 0.3) is 5.91 Å². The number of fused-ring (bicyclic) bond motifs is 2. The van der Waals surface area contributed by atoms with Crippen LogP contribution in [0.2, 0.25) is 0 Å². The quantitative estimate of drug-likeness (QED) is 0.682. The van der Waals surface area contributed by atoms with Crippen molar-refractivity contribution in [3.63, 3.8) is 0 Å². The summed E-state index contributed by atoms with van der Waals surface area (Å²) in [5, 5.41) is 6.34. The number of carbonyl (C=O) groups is 2. The van der Waals surface area contributed by atoms with Crippen LogP contribution in [0.5, 0.6) is 0 Å². The minimum atomic E-state index is -0.538. The number of carbonyl (C=O) groups excluding carboxylic acids is 2. The second-order valence-corrected chi connectivity index (χ2v) is 6.00. The lowest BCUT2D eigenvalue weighted by atomic mass is 10.1. The molecule has 3 rings (SSSR count). The number of rotatable bonds is 2. The van der Waals surface area contributed by atoms with Crippen molar-refractivity contribution in [3.05, 3.63) is 0 Å². The molecule has 0 aromatic rings. The molecular weight excluding hydrogens is 284 g/mol. The number of amides is 3. The van der Waals surface area contributed by atoms with Gasteiger partial charge in [-0.3, -0.25) is 14.6 Å². The van der Waals surface area contributed by atoms with Crippen LogP contribution < -0.4 is 0 Å². The third kappa shape index (κ3) is 1.86. The molecule has 0 radical (unpaired) electrons. The van der Waals surface area contributed by atoms with E-state index in [2.05, 4.69) is 10.1 Å². The second kappa shape index (κ2) is 4.89. The van der Waals surface area contributed by atoms with Crippen LogP contribution in [-0.4, -0.2) is 81.1 Å². The molecule has 118 valence electrons. The molecule has 0 aromatic carbocycles. The number of urea groups is 1. The van der Waals surface area contributed by atoms with Crippen molar-refractivity contribution in [2.45, 2.75) is 39.8 Å². The van der Waals surface area contributed by atoms with Gasteiger partial charge in [0.15, 0.2) is 0 Å². The molecule has 3 aliphatic heterocycles. The number of amidine groups is 1. The molecule has 0 bridgehead atoms. The van der Waals surface area contributed by atoms with Crippen LogP contribution in [0, 0.1) is 0 Å². The summed E-state index contributed by atoms with van der Waals surface area (Å²) in [5.74, 6) is 0.926. The van der Waals surface area contributed by atoms with Crippen molar-refractivity contribution in [1.29, 1.82) is 0 Å². The van der Waals surface area contributed by atoms with E-state index in [-0.39, 0.29) is 18.0 Å². The smallest absolute Gasteiger partial charge is 0.270 e. The van der Waals surface area contributed by atoms with E-state index in [0.29, 0.717) is 24.9 Å². The summed E-state index contributed by atoms with van der Waals surface area (Å²) in [5.41, 5.74) is 0.921. The molecule has 1 atom stereocenters. The van der Waals surface area contributed by atoms with Crippen LogP contribution in [-0.2, 0) is 4.79 Å². The Morgan fingerprint density at radius 2 is 2.05 bits per heavy atom. The first-order valence-corrected chi connectivity index (χ1v) is 7.51. The Kier molecular flexibility index (Phi) is 3.26. The molecular formula is C14H21N6O2+. The summed E-state index contributed by atoms with van der Waals surface area (Å²) < 4.78 is 1.94. The second-order valence-electron chi connectivity index (χ2n) is 6.00. The van der Waals surface area contributed by atoms with E-state index in [9.17, 15) is 9.59 Å². The summed E-state index contributed by atoms with van der Waals surface area (Å²) in [6.45, 7) is 8.67. The van der Waals surface area contributed by atoms with Gasteiger partial charge >= 0.3 is 12.0 Å². The van der Waals surface area contributed by atoms with Gasteiger partial charge < -0.3 is 0 Å². The number of guanidine groups is 1. The van der Waals surface area contributed by atoms with Gasteiger partial charge in [0.1, 0.15) is 6.54 Å². The van der Waals surface area contributed by atoms with Crippen molar-refractivity contribution >= 4 is 29.4 Å². The van der Waals surface area contributed by atoms with Crippen molar-refractivity contribution in [1.82, 2.24) is 14.8 Å². The minimum absolute atomic E-state index is 0.121. The number of aliphatic imine (C=N–C) groups is 1.